The minimum Gasteiger partial charge on any atom is -0.495 e. The third-order valence-corrected chi connectivity index (χ3v) is 5.82. The van der Waals surface area contributed by atoms with Crippen LogP contribution in [0.1, 0.15) is 5.56 Å². The molecule has 0 unspecified atom stereocenters. The first-order valence-corrected chi connectivity index (χ1v) is 11.2. The van der Waals surface area contributed by atoms with Crippen LogP contribution in [-0.4, -0.2) is 18.0 Å². The Hall–Kier alpha value is -3.80. The number of methoxy groups -OCH3 is 1. The molecule has 1 amide bonds. The molecule has 34 heavy (non-hydrogen) atoms. The Bertz CT molecular complexity index is 1570. The molecule has 0 saturated heterocycles. The van der Waals surface area contributed by atoms with Crippen LogP contribution in [0, 0.1) is 0 Å². The lowest BCUT2D eigenvalue weighted by atomic mass is 10.1. The summed E-state index contributed by atoms with van der Waals surface area (Å²) in [6, 6.07) is 22.6. The van der Waals surface area contributed by atoms with Crippen LogP contribution in [0.3, 0.4) is 0 Å². The van der Waals surface area contributed by atoms with E-state index in [1.807, 2.05) is 54.6 Å². The van der Waals surface area contributed by atoms with E-state index in [0.29, 0.717) is 38.5 Å². The molecule has 0 radical (unpaired) electrons. The number of hydrogen-bond donors (Lipinski definition) is 1. The Kier molecular flexibility index (Phi) is 5.97. The predicted octanol–water partition coefficient (Wildman–Crippen LogP) is 7.62. The van der Waals surface area contributed by atoms with Crippen molar-refractivity contribution >= 4 is 62.7 Å². The Balaban J connectivity index is 1.39. The van der Waals surface area contributed by atoms with E-state index in [1.54, 1.807) is 24.3 Å². The zero-order chi connectivity index (χ0) is 23.7. The molecule has 0 fully saturated rings. The first-order chi connectivity index (χ1) is 16.5. The number of nitrogens with zero attached hydrogens (tertiary/aromatic N) is 1. The van der Waals surface area contributed by atoms with Crippen LogP contribution in [0.4, 0.5) is 5.69 Å². The van der Waals surface area contributed by atoms with E-state index in [-0.39, 0.29) is 5.91 Å². The number of amides is 1. The summed E-state index contributed by atoms with van der Waals surface area (Å²) in [4.78, 5) is 17.3. The maximum absolute atomic E-state index is 12.5. The number of halogens is 2. The van der Waals surface area contributed by atoms with E-state index in [2.05, 4.69) is 5.32 Å². The quantitative estimate of drug-likeness (QED) is 0.258. The maximum Gasteiger partial charge on any atom is 0.248 e. The number of fused-ring (bicyclic) bond motifs is 3. The normalized spacial score (nSPS) is 11.4. The molecule has 0 atom stereocenters. The number of hydrogen-bond acceptors (Lipinski definition) is 4. The second kappa shape index (κ2) is 9.21. The molecule has 1 N–H and O–H groups in total. The molecule has 1 heterocycles. The Labute approximate surface area is 205 Å². The Morgan fingerprint density at radius 2 is 1.88 bits per heavy atom. The number of carbonyl (C=O) groups excluding carboxylic acids is 1. The standard InChI is InChI=1S/C27H18Cl2N2O3/c1-33-26-17(13-19(28)15-22(26)29)10-12-24(32)30-20-7-4-6-18(14-20)27-31-25-21-8-3-2-5-16(21)9-11-23(25)34-27/h2-15H,1H3,(H,30,32)/b12-10+. The van der Waals surface area contributed by atoms with E-state index in [0.717, 1.165) is 21.9 Å². The van der Waals surface area contributed by atoms with Crippen LogP contribution in [0.5, 0.6) is 5.75 Å². The molecule has 0 spiro atoms. The fourth-order valence-electron chi connectivity index (χ4n) is 3.78. The summed E-state index contributed by atoms with van der Waals surface area (Å²) in [5.74, 6) is 0.607. The zero-order valence-electron chi connectivity index (χ0n) is 18.0. The van der Waals surface area contributed by atoms with Crippen molar-refractivity contribution in [3.05, 3.63) is 94.5 Å². The summed E-state index contributed by atoms with van der Waals surface area (Å²) < 4.78 is 11.3. The van der Waals surface area contributed by atoms with Gasteiger partial charge in [-0.25, -0.2) is 4.98 Å². The van der Waals surface area contributed by atoms with Crippen molar-refractivity contribution in [3.8, 4) is 17.2 Å². The molecule has 0 aliphatic rings. The highest BCUT2D eigenvalue weighted by atomic mass is 35.5. The monoisotopic (exact) mass is 488 g/mol. The van der Waals surface area contributed by atoms with Gasteiger partial charge >= 0.3 is 0 Å². The highest BCUT2D eigenvalue weighted by Crippen LogP contribution is 2.33. The van der Waals surface area contributed by atoms with Crippen molar-refractivity contribution in [1.29, 1.82) is 0 Å². The van der Waals surface area contributed by atoms with Gasteiger partial charge in [-0.3, -0.25) is 4.79 Å². The third kappa shape index (κ3) is 4.36. The van der Waals surface area contributed by atoms with E-state index >= 15 is 0 Å². The van der Waals surface area contributed by atoms with E-state index < -0.39 is 0 Å². The summed E-state index contributed by atoms with van der Waals surface area (Å²) in [6.45, 7) is 0. The molecular weight excluding hydrogens is 471 g/mol. The number of carbonyl (C=O) groups is 1. The number of ether oxygens (including phenoxy) is 1. The van der Waals surface area contributed by atoms with Crippen LogP contribution < -0.4 is 10.1 Å². The van der Waals surface area contributed by atoms with Gasteiger partial charge < -0.3 is 14.5 Å². The number of benzene rings is 4. The Morgan fingerprint density at radius 3 is 2.74 bits per heavy atom. The zero-order valence-corrected chi connectivity index (χ0v) is 19.5. The van der Waals surface area contributed by atoms with E-state index in [4.69, 9.17) is 37.3 Å². The number of rotatable bonds is 5. The number of oxazole rings is 1. The van der Waals surface area contributed by atoms with Crippen molar-refractivity contribution in [1.82, 2.24) is 4.98 Å². The highest BCUT2D eigenvalue weighted by Gasteiger charge is 2.12. The first-order valence-electron chi connectivity index (χ1n) is 10.4. The van der Waals surface area contributed by atoms with Crippen molar-refractivity contribution < 1.29 is 13.9 Å². The molecule has 5 aromatic rings. The van der Waals surface area contributed by atoms with E-state index in [9.17, 15) is 4.79 Å². The number of aromatic nitrogens is 1. The Morgan fingerprint density at radius 1 is 1.03 bits per heavy atom. The number of nitrogens with one attached hydrogen (secondary N) is 1. The molecule has 0 aliphatic carbocycles. The highest BCUT2D eigenvalue weighted by molar-refractivity contribution is 6.36. The summed E-state index contributed by atoms with van der Waals surface area (Å²) in [6.07, 6.45) is 2.99. The van der Waals surface area contributed by atoms with Gasteiger partial charge in [0.15, 0.2) is 5.58 Å². The SMILES string of the molecule is COc1c(Cl)cc(Cl)cc1/C=C/C(=O)Nc1cccc(-c2nc3c(ccc4ccccc43)o2)c1. The average Bonchev–Trinajstić information content (AvgIpc) is 3.28. The van der Waals surface area contributed by atoms with Gasteiger partial charge in [0.2, 0.25) is 11.8 Å². The summed E-state index contributed by atoms with van der Waals surface area (Å²) in [5, 5.41) is 5.79. The van der Waals surface area contributed by atoms with Crippen molar-refractivity contribution in [3.63, 3.8) is 0 Å². The lowest BCUT2D eigenvalue weighted by Crippen LogP contribution is -2.07. The topological polar surface area (TPSA) is 64.4 Å². The van der Waals surface area contributed by atoms with Crippen LogP contribution in [-0.2, 0) is 4.79 Å². The molecule has 168 valence electrons. The van der Waals surface area contributed by atoms with Crippen LogP contribution in [0.15, 0.2) is 83.3 Å². The fraction of sp³-hybridized carbons (Fsp3) is 0.0370. The molecule has 0 bridgehead atoms. The van der Waals surface area contributed by atoms with Crippen LogP contribution in [0.2, 0.25) is 10.0 Å². The van der Waals surface area contributed by atoms with E-state index in [1.165, 1.54) is 13.2 Å². The minimum atomic E-state index is -0.320. The summed E-state index contributed by atoms with van der Waals surface area (Å²) in [5.41, 5.74) is 3.48. The molecule has 5 nitrogen and oxygen atoms in total. The largest absolute Gasteiger partial charge is 0.495 e. The van der Waals surface area contributed by atoms with Gasteiger partial charge in [-0.05, 0) is 47.9 Å². The molecule has 0 aliphatic heterocycles. The van der Waals surface area contributed by atoms with Crippen LogP contribution >= 0.6 is 23.2 Å². The predicted molar refractivity (Wildman–Crippen MR) is 138 cm³/mol. The van der Waals surface area contributed by atoms with Gasteiger partial charge in [0.1, 0.15) is 11.3 Å². The van der Waals surface area contributed by atoms with Gasteiger partial charge in [0, 0.05) is 33.3 Å². The first kappa shape index (κ1) is 22.0. The van der Waals surface area contributed by atoms with Crippen molar-refractivity contribution in [2.45, 2.75) is 0 Å². The molecule has 1 aromatic heterocycles. The molecule has 7 heteroatoms. The molecule has 5 rings (SSSR count). The van der Waals surface area contributed by atoms with Gasteiger partial charge in [-0.1, -0.05) is 59.6 Å². The fourth-order valence-corrected chi connectivity index (χ4v) is 4.37. The minimum absolute atomic E-state index is 0.320. The third-order valence-electron chi connectivity index (χ3n) is 5.32. The van der Waals surface area contributed by atoms with Gasteiger partial charge in [0.25, 0.3) is 0 Å². The average molecular weight is 489 g/mol. The second-order valence-electron chi connectivity index (χ2n) is 7.57. The van der Waals surface area contributed by atoms with Gasteiger partial charge in [-0.15, -0.1) is 0 Å². The molecule has 0 saturated carbocycles. The molecular formula is C27H18Cl2N2O3. The van der Waals surface area contributed by atoms with Crippen LogP contribution in [0.25, 0.3) is 39.4 Å². The lowest BCUT2D eigenvalue weighted by molar-refractivity contribution is -0.111. The maximum atomic E-state index is 12.5. The lowest BCUT2D eigenvalue weighted by Gasteiger charge is -2.08. The summed E-state index contributed by atoms with van der Waals surface area (Å²) in [7, 11) is 1.51. The second-order valence-corrected chi connectivity index (χ2v) is 8.41. The van der Waals surface area contributed by atoms with Crippen molar-refractivity contribution in [2.24, 2.45) is 0 Å². The van der Waals surface area contributed by atoms with Gasteiger partial charge in [0.05, 0.1) is 12.1 Å². The smallest absolute Gasteiger partial charge is 0.248 e. The number of anilines is 1. The summed E-state index contributed by atoms with van der Waals surface area (Å²) >= 11 is 12.2. The van der Waals surface area contributed by atoms with Gasteiger partial charge in [-0.2, -0.15) is 0 Å². The van der Waals surface area contributed by atoms with Crippen molar-refractivity contribution in [2.75, 3.05) is 12.4 Å². The molecule has 4 aromatic carbocycles.